The highest BCUT2D eigenvalue weighted by atomic mass is 32.2. The van der Waals surface area contributed by atoms with E-state index in [-0.39, 0.29) is 0 Å². The summed E-state index contributed by atoms with van der Waals surface area (Å²) >= 11 is 1.95. The SMILES string of the molecule is CN1CSCC[C@@H]1N. The van der Waals surface area contributed by atoms with Crippen LogP contribution >= 0.6 is 11.8 Å². The highest BCUT2D eigenvalue weighted by molar-refractivity contribution is 7.99. The van der Waals surface area contributed by atoms with Gasteiger partial charge in [0.15, 0.2) is 0 Å². The fourth-order valence-corrected chi connectivity index (χ4v) is 1.75. The third-order valence-corrected chi connectivity index (χ3v) is 2.53. The van der Waals surface area contributed by atoms with Crippen LogP contribution in [0.15, 0.2) is 0 Å². The van der Waals surface area contributed by atoms with Crippen LogP contribution in [0.3, 0.4) is 0 Å². The minimum Gasteiger partial charge on any atom is -0.316 e. The van der Waals surface area contributed by atoms with Crippen LogP contribution in [-0.4, -0.2) is 29.7 Å². The Balaban J connectivity index is 2.28. The fraction of sp³-hybridized carbons (Fsp3) is 1.00. The van der Waals surface area contributed by atoms with E-state index in [9.17, 15) is 0 Å². The Hall–Kier alpha value is 0.270. The second-order valence-corrected chi connectivity index (χ2v) is 3.23. The van der Waals surface area contributed by atoms with Gasteiger partial charge < -0.3 is 5.73 Å². The topological polar surface area (TPSA) is 29.3 Å². The zero-order valence-electron chi connectivity index (χ0n) is 5.13. The van der Waals surface area contributed by atoms with E-state index in [0.29, 0.717) is 6.17 Å². The first-order valence-corrected chi connectivity index (χ1v) is 4.00. The summed E-state index contributed by atoms with van der Waals surface area (Å²) in [6.45, 7) is 0. The summed E-state index contributed by atoms with van der Waals surface area (Å²) in [6.07, 6.45) is 1.46. The van der Waals surface area contributed by atoms with Crippen molar-refractivity contribution in [1.82, 2.24) is 4.90 Å². The lowest BCUT2D eigenvalue weighted by Gasteiger charge is -2.28. The molecule has 1 atom stereocenters. The molecule has 0 aliphatic carbocycles. The average molecular weight is 132 g/mol. The Labute approximate surface area is 54.4 Å². The molecule has 0 amide bonds. The molecule has 1 rings (SSSR count). The van der Waals surface area contributed by atoms with E-state index >= 15 is 0 Å². The number of hydrogen-bond donors (Lipinski definition) is 1. The van der Waals surface area contributed by atoms with Crippen LogP contribution in [0.1, 0.15) is 6.42 Å². The Morgan fingerprint density at radius 1 is 1.75 bits per heavy atom. The predicted molar refractivity (Wildman–Crippen MR) is 37.7 cm³/mol. The lowest BCUT2D eigenvalue weighted by atomic mass is 10.4. The Morgan fingerprint density at radius 2 is 2.50 bits per heavy atom. The normalized spacial score (nSPS) is 33.0. The van der Waals surface area contributed by atoms with Crippen molar-refractivity contribution >= 4 is 11.8 Å². The number of hydrogen-bond acceptors (Lipinski definition) is 3. The van der Waals surface area contributed by atoms with Crippen LogP contribution in [0.4, 0.5) is 0 Å². The van der Waals surface area contributed by atoms with E-state index in [4.69, 9.17) is 5.73 Å². The average Bonchev–Trinajstić information content (AvgIpc) is 1.77. The van der Waals surface area contributed by atoms with Crippen LogP contribution in [0.25, 0.3) is 0 Å². The molecule has 0 bridgehead atoms. The van der Waals surface area contributed by atoms with Crippen LogP contribution < -0.4 is 5.73 Å². The third-order valence-electron chi connectivity index (χ3n) is 1.42. The predicted octanol–water partition coefficient (Wildman–Crippen LogP) is 0.297. The number of rotatable bonds is 0. The Kier molecular flexibility index (Phi) is 2.16. The molecule has 3 heteroatoms. The molecule has 2 N–H and O–H groups in total. The van der Waals surface area contributed by atoms with Gasteiger partial charge in [0.2, 0.25) is 0 Å². The van der Waals surface area contributed by atoms with Gasteiger partial charge in [0.05, 0.1) is 6.17 Å². The van der Waals surface area contributed by atoms with E-state index in [0.717, 1.165) is 12.3 Å². The summed E-state index contributed by atoms with van der Waals surface area (Å²) in [5, 5.41) is 0. The molecule has 8 heavy (non-hydrogen) atoms. The van der Waals surface area contributed by atoms with E-state index in [2.05, 4.69) is 11.9 Å². The molecule has 0 radical (unpaired) electrons. The summed E-state index contributed by atoms with van der Waals surface area (Å²) in [4.78, 5) is 2.17. The van der Waals surface area contributed by atoms with Gasteiger partial charge in [-0.25, -0.2) is 0 Å². The van der Waals surface area contributed by atoms with Gasteiger partial charge in [-0.2, -0.15) is 0 Å². The van der Waals surface area contributed by atoms with Gasteiger partial charge in [0, 0.05) is 5.88 Å². The lowest BCUT2D eigenvalue weighted by Crippen LogP contribution is -2.42. The lowest BCUT2D eigenvalue weighted by molar-refractivity contribution is 0.274. The minimum absolute atomic E-state index is 0.316. The van der Waals surface area contributed by atoms with Gasteiger partial charge in [-0.15, -0.1) is 11.8 Å². The first-order chi connectivity index (χ1) is 3.80. The second kappa shape index (κ2) is 2.71. The van der Waals surface area contributed by atoms with Crippen LogP contribution in [0.5, 0.6) is 0 Å². The zero-order valence-corrected chi connectivity index (χ0v) is 5.95. The van der Waals surface area contributed by atoms with E-state index in [1.54, 1.807) is 0 Å². The molecule has 1 saturated heterocycles. The van der Waals surface area contributed by atoms with Crippen LogP contribution in [0.2, 0.25) is 0 Å². The van der Waals surface area contributed by atoms with Gasteiger partial charge in [-0.1, -0.05) is 0 Å². The van der Waals surface area contributed by atoms with Crippen molar-refractivity contribution in [3.63, 3.8) is 0 Å². The monoisotopic (exact) mass is 132 g/mol. The van der Waals surface area contributed by atoms with E-state index < -0.39 is 0 Å². The van der Waals surface area contributed by atoms with Gasteiger partial charge in [-0.3, -0.25) is 4.90 Å². The molecule has 1 aliphatic rings. The number of thioether (sulfide) groups is 1. The van der Waals surface area contributed by atoms with Crippen molar-refractivity contribution in [2.75, 3.05) is 18.7 Å². The molecule has 0 saturated carbocycles. The van der Waals surface area contributed by atoms with Crippen LogP contribution in [-0.2, 0) is 0 Å². The van der Waals surface area contributed by atoms with E-state index in [1.807, 2.05) is 11.8 Å². The van der Waals surface area contributed by atoms with Crippen molar-refractivity contribution in [2.45, 2.75) is 12.6 Å². The Morgan fingerprint density at radius 3 is 2.88 bits per heavy atom. The maximum absolute atomic E-state index is 5.69. The minimum atomic E-state index is 0.316. The molecule has 48 valence electrons. The zero-order chi connectivity index (χ0) is 5.98. The second-order valence-electron chi connectivity index (χ2n) is 2.15. The van der Waals surface area contributed by atoms with Gasteiger partial charge in [0.1, 0.15) is 0 Å². The molecule has 0 unspecified atom stereocenters. The first kappa shape index (κ1) is 6.39. The Bertz CT molecular complexity index is 66.8. The molecule has 0 aromatic carbocycles. The van der Waals surface area contributed by atoms with E-state index in [1.165, 1.54) is 5.75 Å². The molecule has 0 spiro atoms. The molecule has 0 aromatic heterocycles. The van der Waals surface area contributed by atoms with Crippen molar-refractivity contribution in [3.8, 4) is 0 Å². The summed E-state index contributed by atoms with van der Waals surface area (Å²) in [7, 11) is 2.07. The molecule has 0 aromatic rings. The standard InChI is InChI=1S/C5H12N2S/c1-7-4-8-3-2-5(7)6/h5H,2-4,6H2,1H3/t5-/m1/s1. The number of nitrogens with two attached hydrogens (primary N) is 1. The summed E-state index contributed by atoms with van der Waals surface area (Å²) < 4.78 is 0. The molecule has 2 nitrogen and oxygen atoms in total. The van der Waals surface area contributed by atoms with Crippen LogP contribution in [0, 0.1) is 0 Å². The van der Waals surface area contributed by atoms with Gasteiger partial charge in [-0.05, 0) is 19.2 Å². The number of nitrogens with zero attached hydrogens (tertiary/aromatic N) is 1. The highest BCUT2D eigenvalue weighted by Crippen LogP contribution is 2.14. The van der Waals surface area contributed by atoms with Crippen molar-refractivity contribution < 1.29 is 0 Å². The first-order valence-electron chi connectivity index (χ1n) is 2.84. The van der Waals surface area contributed by atoms with Crippen molar-refractivity contribution in [2.24, 2.45) is 5.73 Å². The third kappa shape index (κ3) is 1.37. The smallest absolute Gasteiger partial charge is 0.0584 e. The van der Waals surface area contributed by atoms with Crippen molar-refractivity contribution in [3.05, 3.63) is 0 Å². The summed E-state index contributed by atoms with van der Waals surface area (Å²) in [5.41, 5.74) is 5.69. The van der Waals surface area contributed by atoms with Gasteiger partial charge >= 0.3 is 0 Å². The summed E-state index contributed by atoms with van der Waals surface area (Å²) in [6, 6.07) is 0. The molecule has 1 heterocycles. The quantitative estimate of drug-likeness (QED) is 0.514. The molecule has 1 aliphatic heterocycles. The highest BCUT2D eigenvalue weighted by Gasteiger charge is 2.13. The maximum atomic E-state index is 5.69. The largest absolute Gasteiger partial charge is 0.316 e. The van der Waals surface area contributed by atoms with Gasteiger partial charge in [0.25, 0.3) is 0 Å². The molecular formula is C5H12N2S. The molecular weight excluding hydrogens is 120 g/mol. The van der Waals surface area contributed by atoms with Crippen molar-refractivity contribution in [1.29, 1.82) is 0 Å². The molecule has 1 fully saturated rings. The maximum Gasteiger partial charge on any atom is 0.0584 e. The fourth-order valence-electron chi connectivity index (χ4n) is 0.729. The summed E-state index contributed by atoms with van der Waals surface area (Å²) in [5.74, 6) is 2.33.